The van der Waals surface area contributed by atoms with Crippen molar-refractivity contribution in [3.8, 4) is 0 Å². The molecule has 2 aromatic rings. The lowest BCUT2D eigenvalue weighted by molar-refractivity contribution is -0.126. The van der Waals surface area contributed by atoms with E-state index in [0.29, 0.717) is 6.54 Å². The molecule has 2 aliphatic heterocycles. The highest BCUT2D eigenvalue weighted by Gasteiger charge is 2.26. The highest BCUT2D eigenvalue weighted by molar-refractivity contribution is 5.81. The van der Waals surface area contributed by atoms with Gasteiger partial charge in [0.2, 0.25) is 5.91 Å². The number of aryl methyl sites for hydroxylation is 1. The molecule has 0 aromatic carbocycles. The second-order valence-corrected chi connectivity index (χ2v) is 7.78. The van der Waals surface area contributed by atoms with Gasteiger partial charge < -0.3 is 14.3 Å². The third-order valence-corrected chi connectivity index (χ3v) is 5.90. The molecular weight excluding hydrogens is 356 g/mol. The molecule has 1 saturated heterocycles. The molecule has 1 unspecified atom stereocenters. The maximum Gasteiger partial charge on any atom is 0.237 e. The fourth-order valence-electron chi connectivity index (χ4n) is 4.07. The highest BCUT2D eigenvalue weighted by atomic mass is 16.3. The van der Waals surface area contributed by atoms with E-state index in [4.69, 9.17) is 4.42 Å². The summed E-state index contributed by atoms with van der Waals surface area (Å²) in [4.78, 5) is 17.1. The first-order valence-electron chi connectivity index (χ1n) is 10.4. The molecule has 2 aliphatic rings. The van der Waals surface area contributed by atoms with Crippen LogP contribution in [0.5, 0.6) is 0 Å². The van der Waals surface area contributed by atoms with E-state index < -0.39 is 0 Å². The van der Waals surface area contributed by atoms with Crippen LogP contribution in [0.15, 0.2) is 22.8 Å². The van der Waals surface area contributed by atoms with Gasteiger partial charge in [-0.1, -0.05) is 6.42 Å². The number of aromatic nitrogens is 3. The second kappa shape index (κ2) is 8.87. The van der Waals surface area contributed by atoms with Crippen LogP contribution in [0.4, 0.5) is 0 Å². The van der Waals surface area contributed by atoms with Crippen molar-refractivity contribution in [2.24, 2.45) is 0 Å². The van der Waals surface area contributed by atoms with Crippen LogP contribution in [0.25, 0.3) is 0 Å². The number of nitrogens with zero attached hydrogens (tertiary/aromatic N) is 5. The van der Waals surface area contributed by atoms with Gasteiger partial charge in [-0.25, -0.2) is 0 Å². The molecule has 8 heteroatoms. The van der Waals surface area contributed by atoms with Gasteiger partial charge >= 0.3 is 0 Å². The van der Waals surface area contributed by atoms with Crippen LogP contribution in [0.1, 0.15) is 43.6 Å². The molecule has 1 amide bonds. The number of carbonyl (C=O) groups is 1. The fourth-order valence-corrected chi connectivity index (χ4v) is 4.07. The number of nitrogens with one attached hydrogen (secondary N) is 1. The average Bonchev–Trinajstić information content (AvgIpc) is 3.31. The Balaban J connectivity index is 1.25. The van der Waals surface area contributed by atoms with Crippen LogP contribution in [0, 0.1) is 0 Å². The van der Waals surface area contributed by atoms with Gasteiger partial charge in [-0.05, 0) is 31.9 Å². The summed E-state index contributed by atoms with van der Waals surface area (Å²) in [6.45, 7) is 7.97. The van der Waals surface area contributed by atoms with E-state index in [-0.39, 0.29) is 11.9 Å². The van der Waals surface area contributed by atoms with Gasteiger partial charge in [0.25, 0.3) is 0 Å². The molecule has 0 bridgehead atoms. The Bertz CT molecular complexity index is 764. The molecule has 28 heavy (non-hydrogen) atoms. The molecule has 1 fully saturated rings. The first kappa shape index (κ1) is 19.1. The molecule has 0 aliphatic carbocycles. The smallest absolute Gasteiger partial charge is 0.237 e. The minimum Gasteiger partial charge on any atom is -0.467 e. The first-order chi connectivity index (χ1) is 13.7. The van der Waals surface area contributed by atoms with E-state index in [1.54, 1.807) is 6.26 Å². The van der Waals surface area contributed by atoms with E-state index in [1.807, 2.05) is 19.1 Å². The molecule has 4 heterocycles. The predicted octanol–water partition coefficient (Wildman–Crippen LogP) is 1.42. The van der Waals surface area contributed by atoms with Crippen molar-refractivity contribution in [2.75, 3.05) is 26.2 Å². The molecule has 0 radical (unpaired) electrons. The lowest BCUT2D eigenvalue weighted by Crippen LogP contribution is -2.53. The number of amides is 1. The molecule has 1 N–H and O–H groups in total. The van der Waals surface area contributed by atoms with Crippen molar-refractivity contribution in [1.82, 2.24) is 29.9 Å². The van der Waals surface area contributed by atoms with E-state index in [2.05, 4.69) is 29.9 Å². The normalized spacial score (nSPS) is 19.8. The summed E-state index contributed by atoms with van der Waals surface area (Å²) in [5.41, 5.74) is 0. The molecule has 152 valence electrons. The van der Waals surface area contributed by atoms with Crippen LogP contribution in [0.3, 0.4) is 0 Å². The summed E-state index contributed by atoms with van der Waals surface area (Å²) < 4.78 is 7.60. The Morgan fingerprint density at radius 3 is 2.82 bits per heavy atom. The van der Waals surface area contributed by atoms with Crippen LogP contribution in [-0.4, -0.2) is 62.7 Å². The Morgan fingerprint density at radius 2 is 2.04 bits per heavy atom. The quantitative estimate of drug-likeness (QED) is 0.809. The van der Waals surface area contributed by atoms with Crippen molar-refractivity contribution in [2.45, 2.75) is 58.3 Å². The van der Waals surface area contributed by atoms with E-state index in [1.165, 1.54) is 19.3 Å². The lowest BCUT2D eigenvalue weighted by Gasteiger charge is -2.37. The Labute approximate surface area is 165 Å². The largest absolute Gasteiger partial charge is 0.467 e. The summed E-state index contributed by atoms with van der Waals surface area (Å²) in [6, 6.07) is 3.56. The van der Waals surface area contributed by atoms with Gasteiger partial charge in [0.05, 0.1) is 25.4 Å². The van der Waals surface area contributed by atoms with Gasteiger partial charge in [-0.3, -0.25) is 14.6 Å². The van der Waals surface area contributed by atoms with E-state index in [9.17, 15) is 4.79 Å². The van der Waals surface area contributed by atoms with Crippen molar-refractivity contribution in [3.63, 3.8) is 0 Å². The summed E-state index contributed by atoms with van der Waals surface area (Å²) >= 11 is 0. The summed E-state index contributed by atoms with van der Waals surface area (Å²) in [5, 5.41) is 11.8. The molecule has 2 aromatic heterocycles. The third-order valence-electron chi connectivity index (χ3n) is 5.90. The van der Waals surface area contributed by atoms with Crippen LogP contribution in [0.2, 0.25) is 0 Å². The monoisotopic (exact) mass is 386 g/mol. The fraction of sp³-hybridized carbons (Fsp3) is 0.650. The molecule has 0 saturated carbocycles. The van der Waals surface area contributed by atoms with Crippen LogP contribution in [-0.2, 0) is 30.8 Å². The lowest BCUT2D eigenvalue weighted by atomic mass is 10.2. The number of rotatable bonds is 6. The van der Waals surface area contributed by atoms with Gasteiger partial charge in [0.15, 0.2) is 0 Å². The van der Waals surface area contributed by atoms with Gasteiger partial charge in [-0.15, -0.1) is 10.2 Å². The Kier molecular flexibility index (Phi) is 6.07. The minimum absolute atomic E-state index is 0.0487. The summed E-state index contributed by atoms with van der Waals surface area (Å²) in [7, 11) is 0. The highest BCUT2D eigenvalue weighted by Crippen LogP contribution is 2.16. The number of carbonyl (C=O) groups excluding carboxylic acids is 1. The molecule has 1 atom stereocenters. The number of furan rings is 1. The van der Waals surface area contributed by atoms with Gasteiger partial charge in [0.1, 0.15) is 17.4 Å². The minimum atomic E-state index is -0.138. The number of hydrogen-bond acceptors (Lipinski definition) is 6. The Morgan fingerprint density at radius 1 is 1.18 bits per heavy atom. The second-order valence-electron chi connectivity index (χ2n) is 7.78. The van der Waals surface area contributed by atoms with Crippen molar-refractivity contribution < 1.29 is 9.21 Å². The maximum atomic E-state index is 12.4. The average molecular weight is 387 g/mol. The van der Waals surface area contributed by atoms with E-state index >= 15 is 0 Å². The van der Waals surface area contributed by atoms with Gasteiger partial charge in [0, 0.05) is 39.1 Å². The van der Waals surface area contributed by atoms with Crippen molar-refractivity contribution in [3.05, 3.63) is 35.8 Å². The SMILES string of the molecule is CC(C(=O)NCc1ccco1)N1CCN(Cc2nnc3n2CCCCC3)CC1. The number of fused-ring (bicyclic) bond motifs is 1. The number of hydrogen-bond donors (Lipinski definition) is 1. The molecule has 0 spiro atoms. The third kappa shape index (κ3) is 4.44. The first-order valence-corrected chi connectivity index (χ1v) is 10.4. The zero-order chi connectivity index (χ0) is 19.3. The summed E-state index contributed by atoms with van der Waals surface area (Å²) in [6.07, 6.45) is 6.39. The molecule has 4 rings (SSSR count). The van der Waals surface area contributed by atoms with Crippen LogP contribution >= 0.6 is 0 Å². The zero-order valence-corrected chi connectivity index (χ0v) is 16.6. The Hall–Kier alpha value is -2.19. The van der Waals surface area contributed by atoms with Gasteiger partial charge in [-0.2, -0.15) is 0 Å². The zero-order valence-electron chi connectivity index (χ0n) is 16.6. The molecular formula is C20H30N6O2. The van der Waals surface area contributed by atoms with E-state index in [0.717, 1.165) is 63.1 Å². The number of piperazine rings is 1. The standard InChI is InChI=1S/C20H30N6O2/c1-16(20(27)21-14-17-6-5-13-28-17)25-11-9-24(10-12-25)15-19-23-22-18-7-3-2-4-8-26(18)19/h5-6,13,16H,2-4,7-12,14-15H2,1H3,(H,21,27). The topological polar surface area (TPSA) is 79.4 Å². The van der Waals surface area contributed by atoms with Crippen LogP contribution < -0.4 is 5.32 Å². The molecule has 8 nitrogen and oxygen atoms in total. The summed E-state index contributed by atoms with van der Waals surface area (Å²) in [5.74, 6) is 3.06. The maximum absolute atomic E-state index is 12.4. The predicted molar refractivity (Wildman–Crippen MR) is 104 cm³/mol. The van der Waals surface area contributed by atoms with Crippen molar-refractivity contribution in [1.29, 1.82) is 0 Å². The van der Waals surface area contributed by atoms with Crippen molar-refractivity contribution >= 4 is 5.91 Å².